The summed E-state index contributed by atoms with van der Waals surface area (Å²) in [7, 11) is 1.61. The van der Waals surface area contributed by atoms with Crippen LogP contribution in [-0.4, -0.2) is 59.4 Å². The van der Waals surface area contributed by atoms with E-state index in [2.05, 4.69) is 10.3 Å². The van der Waals surface area contributed by atoms with E-state index in [4.69, 9.17) is 4.74 Å². The highest BCUT2D eigenvalue weighted by molar-refractivity contribution is 7.14. The molecule has 1 aromatic carbocycles. The first-order chi connectivity index (χ1) is 13.7. The second-order valence-electron chi connectivity index (χ2n) is 7.05. The first kappa shape index (κ1) is 18.7. The molecule has 0 aliphatic carbocycles. The monoisotopic (exact) mass is 400 g/mol. The lowest BCUT2D eigenvalue weighted by Crippen LogP contribution is -2.47. The Kier molecular flexibility index (Phi) is 5.47. The fourth-order valence-corrected chi connectivity index (χ4v) is 4.55. The van der Waals surface area contributed by atoms with Crippen LogP contribution in [0.4, 0.5) is 10.8 Å². The number of nitrogens with one attached hydrogen (secondary N) is 1. The summed E-state index contributed by atoms with van der Waals surface area (Å²) in [5.41, 5.74) is 1.17. The van der Waals surface area contributed by atoms with E-state index in [0.29, 0.717) is 23.1 Å². The standard InChI is InChI=1S/C20H24N4O3S/c1-27-17-9-3-2-7-14(17)21-20-22-15(13-28-20)18(25)24-12-6-8-16(24)19(26)23-10-4-5-11-23/h2-3,7,9,13,16H,4-6,8,10-12H2,1H3,(H,21,22). The summed E-state index contributed by atoms with van der Waals surface area (Å²) in [5.74, 6) is 0.631. The van der Waals surface area contributed by atoms with Gasteiger partial charge in [0.25, 0.3) is 5.91 Å². The van der Waals surface area contributed by atoms with Crippen molar-refractivity contribution in [2.45, 2.75) is 31.7 Å². The third kappa shape index (κ3) is 3.69. The predicted octanol–water partition coefficient (Wildman–Crippen LogP) is 3.12. The molecule has 0 saturated carbocycles. The predicted molar refractivity (Wildman–Crippen MR) is 108 cm³/mol. The Morgan fingerprint density at radius 1 is 1.18 bits per heavy atom. The minimum Gasteiger partial charge on any atom is -0.495 e. The minimum atomic E-state index is -0.349. The maximum absolute atomic E-state index is 13.0. The summed E-state index contributed by atoms with van der Waals surface area (Å²) in [6, 6.07) is 7.21. The molecule has 148 valence electrons. The van der Waals surface area contributed by atoms with Gasteiger partial charge in [0.2, 0.25) is 5.91 Å². The number of methoxy groups -OCH3 is 1. The van der Waals surface area contributed by atoms with E-state index < -0.39 is 0 Å². The van der Waals surface area contributed by atoms with Crippen molar-refractivity contribution in [1.29, 1.82) is 0 Å². The lowest BCUT2D eigenvalue weighted by Gasteiger charge is -2.27. The molecule has 4 rings (SSSR count). The zero-order valence-electron chi connectivity index (χ0n) is 15.9. The number of carbonyl (C=O) groups is 2. The van der Waals surface area contributed by atoms with Crippen LogP contribution in [0.25, 0.3) is 0 Å². The summed E-state index contributed by atoms with van der Waals surface area (Å²) < 4.78 is 5.34. The van der Waals surface area contributed by atoms with E-state index in [-0.39, 0.29) is 17.9 Å². The van der Waals surface area contributed by atoms with Gasteiger partial charge in [-0.2, -0.15) is 0 Å². The van der Waals surface area contributed by atoms with Crippen molar-refractivity contribution in [3.63, 3.8) is 0 Å². The third-order valence-corrected chi connectivity index (χ3v) is 6.05. The lowest BCUT2D eigenvalue weighted by atomic mass is 10.2. The van der Waals surface area contributed by atoms with Crippen LogP contribution in [0.15, 0.2) is 29.6 Å². The van der Waals surface area contributed by atoms with Crippen LogP contribution in [0.3, 0.4) is 0 Å². The number of carbonyl (C=O) groups excluding carboxylic acids is 2. The Bertz CT molecular complexity index is 863. The van der Waals surface area contributed by atoms with Crippen LogP contribution < -0.4 is 10.1 Å². The smallest absolute Gasteiger partial charge is 0.274 e. The maximum atomic E-state index is 13.0. The second-order valence-corrected chi connectivity index (χ2v) is 7.91. The molecule has 2 aliphatic heterocycles. The number of thiazole rings is 1. The SMILES string of the molecule is COc1ccccc1Nc1nc(C(=O)N2CCCC2C(=O)N2CCCC2)cs1. The van der Waals surface area contributed by atoms with Crippen molar-refractivity contribution in [3.8, 4) is 5.75 Å². The van der Waals surface area contributed by atoms with E-state index in [1.54, 1.807) is 17.4 Å². The number of ether oxygens (including phenoxy) is 1. The van der Waals surface area contributed by atoms with Gasteiger partial charge in [-0.05, 0) is 37.8 Å². The number of likely N-dealkylation sites (tertiary alicyclic amines) is 2. The number of nitrogens with zero attached hydrogens (tertiary/aromatic N) is 3. The van der Waals surface area contributed by atoms with Crippen LogP contribution in [0.2, 0.25) is 0 Å². The Morgan fingerprint density at radius 3 is 2.75 bits per heavy atom. The largest absolute Gasteiger partial charge is 0.495 e. The number of hydrogen-bond donors (Lipinski definition) is 1. The fraction of sp³-hybridized carbons (Fsp3) is 0.450. The van der Waals surface area contributed by atoms with Gasteiger partial charge in [0.05, 0.1) is 12.8 Å². The van der Waals surface area contributed by atoms with Crippen molar-refractivity contribution >= 4 is 34.0 Å². The molecule has 2 amide bonds. The van der Waals surface area contributed by atoms with Gasteiger partial charge < -0.3 is 19.9 Å². The molecule has 0 spiro atoms. The number of anilines is 2. The summed E-state index contributed by atoms with van der Waals surface area (Å²) in [5, 5.41) is 5.57. The zero-order chi connectivity index (χ0) is 19.5. The first-order valence-corrected chi connectivity index (χ1v) is 10.5. The molecular weight excluding hydrogens is 376 g/mol. The summed E-state index contributed by atoms with van der Waals surface area (Å²) in [6.07, 6.45) is 3.69. The summed E-state index contributed by atoms with van der Waals surface area (Å²) in [4.78, 5) is 33.9. The second kappa shape index (κ2) is 8.18. The maximum Gasteiger partial charge on any atom is 0.274 e. The topological polar surface area (TPSA) is 74.8 Å². The van der Waals surface area contributed by atoms with Crippen LogP contribution in [-0.2, 0) is 4.79 Å². The van der Waals surface area contributed by atoms with Gasteiger partial charge >= 0.3 is 0 Å². The molecule has 1 N–H and O–H groups in total. The highest BCUT2D eigenvalue weighted by Crippen LogP contribution is 2.30. The number of aromatic nitrogens is 1. The van der Waals surface area contributed by atoms with E-state index >= 15 is 0 Å². The first-order valence-electron chi connectivity index (χ1n) is 9.62. The Labute approximate surface area is 168 Å². The summed E-state index contributed by atoms with van der Waals surface area (Å²) in [6.45, 7) is 2.22. The fourth-order valence-electron chi connectivity index (χ4n) is 3.85. The van der Waals surface area contributed by atoms with E-state index in [1.165, 1.54) is 11.3 Å². The molecular formula is C20H24N4O3S. The van der Waals surface area contributed by atoms with Crippen molar-refractivity contribution in [2.75, 3.05) is 32.1 Å². The van der Waals surface area contributed by atoms with Crippen LogP contribution >= 0.6 is 11.3 Å². The number of rotatable bonds is 5. The molecule has 2 fully saturated rings. The molecule has 1 unspecified atom stereocenters. The van der Waals surface area contributed by atoms with Crippen molar-refractivity contribution < 1.29 is 14.3 Å². The van der Waals surface area contributed by atoms with E-state index in [9.17, 15) is 9.59 Å². The highest BCUT2D eigenvalue weighted by Gasteiger charge is 2.38. The van der Waals surface area contributed by atoms with E-state index in [1.807, 2.05) is 29.2 Å². The quantitative estimate of drug-likeness (QED) is 0.835. The number of para-hydroxylation sites is 2. The summed E-state index contributed by atoms with van der Waals surface area (Å²) >= 11 is 1.37. The van der Waals surface area contributed by atoms with Crippen LogP contribution in [0.1, 0.15) is 36.2 Å². The Hall–Kier alpha value is -2.61. The molecule has 3 heterocycles. The van der Waals surface area contributed by atoms with Crippen molar-refractivity contribution in [3.05, 3.63) is 35.3 Å². The Balaban J connectivity index is 1.47. The molecule has 0 radical (unpaired) electrons. The number of hydrogen-bond acceptors (Lipinski definition) is 6. The van der Waals surface area contributed by atoms with Gasteiger partial charge in [-0.1, -0.05) is 12.1 Å². The van der Waals surface area contributed by atoms with Gasteiger partial charge in [-0.3, -0.25) is 9.59 Å². The average molecular weight is 401 g/mol. The normalized spacial score (nSPS) is 19.1. The van der Waals surface area contributed by atoms with Crippen LogP contribution in [0, 0.1) is 0 Å². The van der Waals surface area contributed by atoms with E-state index in [0.717, 1.165) is 44.5 Å². The molecule has 2 aliphatic rings. The lowest BCUT2D eigenvalue weighted by molar-refractivity contribution is -0.134. The zero-order valence-corrected chi connectivity index (χ0v) is 16.7. The van der Waals surface area contributed by atoms with Gasteiger partial charge in [0, 0.05) is 25.0 Å². The van der Waals surface area contributed by atoms with Gasteiger partial charge in [0.1, 0.15) is 17.5 Å². The Morgan fingerprint density at radius 2 is 1.96 bits per heavy atom. The van der Waals surface area contributed by atoms with Gasteiger partial charge in [-0.25, -0.2) is 4.98 Å². The molecule has 0 bridgehead atoms. The molecule has 7 nitrogen and oxygen atoms in total. The minimum absolute atomic E-state index is 0.0888. The van der Waals surface area contributed by atoms with Crippen molar-refractivity contribution in [1.82, 2.24) is 14.8 Å². The van der Waals surface area contributed by atoms with Crippen molar-refractivity contribution in [2.24, 2.45) is 0 Å². The molecule has 2 saturated heterocycles. The average Bonchev–Trinajstić information content (AvgIpc) is 3.48. The molecule has 8 heteroatoms. The molecule has 1 aromatic heterocycles. The van der Waals surface area contributed by atoms with Gasteiger partial charge in [-0.15, -0.1) is 11.3 Å². The van der Waals surface area contributed by atoms with Gasteiger partial charge in [0.15, 0.2) is 5.13 Å². The molecule has 2 aromatic rings. The molecule has 28 heavy (non-hydrogen) atoms. The number of benzene rings is 1. The van der Waals surface area contributed by atoms with Crippen LogP contribution in [0.5, 0.6) is 5.75 Å². The highest BCUT2D eigenvalue weighted by atomic mass is 32.1. The molecule has 1 atom stereocenters. The number of amides is 2. The third-order valence-electron chi connectivity index (χ3n) is 5.29.